The largest absolute Gasteiger partial charge is 0.480 e. The highest BCUT2D eigenvalue weighted by atomic mass is 33.1. The van der Waals surface area contributed by atoms with Crippen LogP contribution in [-0.2, 0) is 19.2 Å². The summed E-state index contributed by atoms with van der Waals surface area (Å²) in [5.74, 6) is -1.52. The number of nitrogens with one attached hydrogen (secondary N) is 1. The number of hydrogen-bond acceptors (Lipinski definition) is 6. The van der Waals surface area contributed by atoms with Crippen molar-refractivity contribution in [3.63, 3.8) is 0 Å². The maximum absolute atomic E-state index is 11.8. The smallest absolute Gasteiger partial charge is 0.327 e. The Morgan fingerprint density at radius 1 is 1.26 bits per heavy atom. The van der Waals surface area contributed by atoms with Gasteiger partial charge in [0.1, 0.15) is 6.04 Å². The van der Waals surface area contributed by atoms with Gasteiger partial charge in [0.15, 0.2) is 0 Å². The molecule has 104 valence electrons. The van der Waals surface area contributed by atoms with Crippen LogP contribution in [0.4, 0.5) is 0 Å². The van der Waals surface area contributed by atoms with Crippen molar-refractivity contribution in [3.05, 3.63) is 0 Å². The first kappa shape index (κ1) is 14.2. The highest BCUT2D eigenvalue weighted by Crippen LogP contribution is 2.36. The highest BCUT2D eigenvalue weighted by molar-refractivity contribution is 8.81. The fraction of sp³-hybridized carbons (Fsp3) is 0.600. The lowest BCUT2D eigenvalue weighted by molar-refractivity contribution is -0.142. The summed E-state index contributed by atoms with van der Waals surface area (Å²) in [5.41, 5.74) is 0. The van der Waals surface area contributed by atoms with Crippen molar-refractivity contribution < 1.29 is 24.3 Å². The number of rotatable bonds is 4. The molecule has 0 saturated carbocycles. The lowest BCUT2D eigenvalue weighted by Gasteiger charge is -2.19. The molecule has 2 N–H and O–H groups in total. The Hall–Kier alpha value is -1.22. The predicted molar refractivity (Wildman–Crippen MR) is 68.9 cm³/mol. The van der Waals surface area contributed by atoms with Crippen LogP contribution in [0, 0.1) is 0 Å². The first-order valence-corrected chi connectivity index (χ1v) is 7.82. The van der Waals surface area contributed by atoms with Gasteiger partial charge in [-0.25, -0.2) is 4.79 Å². The number of carbonyl (C=O) groups is 4. The fourth-order valence-corrected chi connectivity index (χ4v) is 4.20. The van der Waals surface area contributed by atoms with Gasteiger partial charge in [-0.05, 0) is 12.8 Å². The number of carboxylic acid groups (broad SMARTS) is 1. The van der Waals surface area contributed by atoms with Crippen molar-refractivity contribution in [1.29, 1.82) is 0 Å². The lowest BCUT2D eigenvalue weighted by Crippen LogP contribution is -2.34. The molecular formula is C10H12N2O5S2. The topological polar surface area (TPSA) is 104 Å². The van der Waals surface area contributed by atoms with Gasteiger partial charge in [-0.3, -0.25) is 18.7 Å². The Morgan fingerprint density at radius 2 is 2.00 bits per heavy atom. The summed E-state index contributed by atoms with van der Waals surface area (Å²) in [6.45, 7) is 0. The summed E-state index contributed by atoms with van der Waals surface area (Å²) in [4.78, 5) is 45.2. The van der Waals surface area contributed by atoms with Gasteiger partial charge in [0.25, 0.3) is 0 Å². The Morgan fingerprint density at radius 3 is 2.58 bits per heavy atom. The van der Waals surface area contributed by atoms with Gasteiger partial charge < -0.3 is 10.4 Å². The van der Waals surface area contributed by atoms with Crippen LogP contribution in [0.5, 0.6) is 0 Å². The predicted octanol–water partition coefficient (Wildman–Crippen LogP) is 0.164. The zero-order valence-electron chi connectivity index (χ0n) is 9.83. The molecule has 0 bridgehead atoms. The molecule has 9 heteroatoms. The molecule has 2 heterocycles. The minimum Gasteiger partial charge on any atom is -0.480 e. The minimum atomic E-state index is -1.07. The zero-order chi connectivity index (χ0) is 14.0. The number of nitrogens with zero attached hydrogens (tertiary/aromatic N) is 1. The van der Waals surface area contributed by atoms with Crippen molar-refractivity contribution in [2.75, 3.05) is 0 Å². The molecule has 2 rings (SSSR count). The summed E-state index contributed by atoms with van der Waals surface area (Å²) in [6, 6.07) is -1.41. The van der Waals surface area contributed by atoms with Crippen molar-refractivity contribution >= 4 is 44.7 Å². The molecule has 2 saturated heterocycles. The summed E-state index contributed by atoms with van der Waals surface area (Å²) in [7, 11) is 1.65. The van der Waals surface area contributed by atoms with Crippen LogP contribution in [0.15, 0.2) is 0 Å². The molecule has 0 radical (unpaired) electrons. The molecule has 0 spiro atoms. The van der Waals surface area contributed by atoms with Gasteiger partial charge in [-0.1, -0.05) is 0 Å². The molecule has 0 aliphatic carbocycles. The van der Waals surface area contributed by atoms with E-state index >= 15 is 0 Å². The fourth-order valence-electron chi connectivity index (χ4n) is 1.90. The third-order valence-electron chi connectivity index (χ3n) is 2.93. The first-order valence-electron chi connectivity index (χ1n) is 5.71. The van der Waals surface area contributed by atoms with Crippen LogP contribution in [0.2, 0.25) is 0 Å². The third kappa shape index (κ3) is 3.21. The number of amides is 2. The Balaban J connectivity index is 1.87. The van der Waals surface area contributed by atoms with Gasteiger partial charge in [-0.2, -0.15) is 0 Å². The molecule has 2 aliphatic heterocycles. The van der Waals surface area contributed by atoms with Gasteiger partial charge in [0, 0.05) is 34.6 Å². The van der Waals surface area contributed by atoms with Crippen molar-refractivity contribution in [2.45, 2.75) is 37.8 Å². The molecular weight excluding hydrogens is 292 g/mol. The monoisotopic (exact) mass is 304 g/mol. The van der Waals surface area contributed by atoms with E-state index in [9.17, 15) is 19.2 Å². The van der Waals surface area contributed by atoms with E-state index in [1.54, 1.807) is 0 Å². The summed E-state index contributed by atoms with van der Waals surface area (Å²) in [6.07, 6.45) is 1.21. The molecule has 0 aromatic rings. The molecule has 2 fully saturated rings. The van der Waals surface area contributed by atoms with Crippen molar-refractivity contribution in [3.8, 4) is 0 Å². The number of carbonyl (C=O) groups excluding carboxylic acids is 3. The van der Waals surface area contributed by atoms with E-state index in [1.165, 1.54) is 0 Å². The number of carboxylic acids is 1. The Labute approximate surface area is 117 Å². The maximum Gasteiger partial charge on any atom is 0.327 e. The first-order chi connectivity index (χ1) is 8.99. The zero-order valence-corrected chi connectivity index (χ0v) is 11.5. The van der Waals surface area contributed by atoms with E-state index in [0.717, 1.165) is 26.1 Å². The second-order valence-electron chi connectivity index (χ2n) is 4.25. The molecule has 7 nitrogen and oxygen atoms in total. The normalized spacial score (nSPS) is 26.6. The summed E-state index contributed by atoms with van der Waals surface area (Å²) in [5, 5.41) is 11.2. The standard InChI is InChI=1S/C10H12N2O5S2/c13-7-3-1-5(11-7)10(17)18-19-12-6(9(15)16)2-4-8(12)14/h5-6H,1-4H2,(H,11,13)(H,15,16)/t5-,6-/m0/s1. The van der Waals surface area contributed by atoms with Crippen LogP contribution in [0.1, 0.15) is 25.7 Å². The Kier molecular flexibility index (Phi) is 4.35. The van der Waals surface area contributed by atoms with Crippen LogP contribution in [0.3, 0.4) is 0 Å². The molecule has 0 aromatic heterocycles. The summed E-state index contributed by atoms with van der Waals surface area (Å²) < 4.78 is 1.13. The average molecular weight is 304 g/mol. The van der Waals surface area contributed by atoms with Crippen molar-refractivity contribution in [2.24, 2.45) is 0 Å². The number of aliphatic carboxylic acids is 1. The molecule has 19 heavy (non-hydrogen) atoms. The van der Waals surface area contributed by atoms with Crippen LogP contribution >= 0.6 is 21.8 Å². The Bertz CT molecular complexity index is 442. The maximum atomic E-state index is 11.8. The highest BCUT2D eigenvalue weighted by Gasteiger charge is 2.38. The second kappa shape index (κ2) is 5.83. The van der Waals surface area contributed by atoms with Crippen LogP contribution in [-0.4, -0.2) is 44.4 Å². The van der Waals surface area contributed by atoms with Crippen LogP contribution < -0.4 is 5.32 Å². The van der Waals surface area contributed by atoms with E-state index < -0.39 is 18.1 Å². The lowest BCUT2D eigenvalue weighted by atomic mass is 10.2. The van der Waals surface area contributed by atoms with Crippen LogP contribution in [0.25, 0.3) is 0 Å². The van der Waals surface area contributed by atoms with E-state index in [0.29, 0.717) is 12.8 Å². The molecule has 2 amide bonds. The van der Waals surface area contributed by atoms with E-state index in [1.807, 2.05) is 0 Å². The van der Waals surface area contributed by atoms with Gasteiger partial charge in [0.2, 0.25) is 16.9 Å². The SMILES string of the molecule is O=C1CC[C@@H](C(=O)SSN2C(=O)CC[C@H]2C(=O)O)N1. The number of hydrogen-bond donors (Lipinski definition) is 2. The van der Waals surface area contributed by atoms with E-state index in [2.05, 4.69) is 5.32 Å². The van der Waals surface area contributed by atoms with Gasteiger partial charge in [0.05, 0.1) is 6.04 Å². The molecule has 2 aliphatic rings. The average Bonchev–Trinajstić information content (AvgIpc) is 2.93. The molecule has 0 unspecified atom stereocenters. The van der Waals surface area contributed by atoms with E-state index in [4.69, 9.17) is 5.11 Å². The second-order valence-corrected chi connectivity index (χ2v) is 6.31. The molecule has 2 atom stereocenters. The quantitative estimate of drug-likeness (QED) is 0.563. The van der Waals surface area contributed by atoms with Gasteiger partial charge in [-0.15, -0.1) is 0 Å². The van der Waals surface area contributed by atoms with Gasteiger partial charge >= 0.3 is 5.97 Å². The summed E-state index contributed by atoms with van der Waals surface area (Å²) >= 11 is 0. The molecule has 0 aromatic carbocycles. The van der Waals surface area contributed by atoms with Crippen molar-refractivity contribution in [1.82, 2.24) is 9.62 Å². The van der Waals surface area contributed by atoms with E-state index in [-0.39, 0.29) is 29.8 Å². The minimum absolute atomic E-state index is 0.162. The third-order valence-corrected chi connectivity index (χ3v) is 5.27.